The maximum atomic E-state index is 13.2. The van der Waals surface area contributed by atoms with Crippen LogP contribution in [0.1, 0.15) is 21.5 Å². The molecule has 4 rings (SSSR count). The topological polar surface area (TPSA) is 88.6 Å². The van der Waals surface area contributed by atoms with E-state index in [1.807, 2.05) is 12.1 Å². The zero-order valence-electron chi connectivity index (χ0n) is 17.1. The number of rotatable bonds is 7. The van der Waals surface area contributed by atoms with Gasteiger partial charge in [-0.2, -0.15) is 0 Å². The number of amides is 1. The molecule has 0 atom stereocenters. The highest BCUT2D eigenvalue weighted by Gasteiger charge is 2.33. The van der Waals surface area contributed by atoms with Crippen molar-refractivity contribution in [3.8, 4) is 5.75 Å². The number of hydrogen-bond donors (Lipinski definition) is 1. The number of sulfonamides is 1. The molecule has 0 spiro atoms. The lowest BCUT2D eigenvalue weighted by atomic mass is 10.0. The van der Waals surface area contributed by atoms with Crippen LogP contribution in [0.15, 0.2) is 71.9 Å². The van der Waals surface area contributed by atoms with E-state index in [2.05, 4.69) is 10.3 Å². The Balaban J connectivity index is 1.52. The predicted molar refractivity (Wildman–Crippen MR) is 118 cm³/mol. The normalized spacial score (nSPS) is 13.0. The van der Waals surface area contributed by atoms with Crippen LogP contribution in [0.5, 0.6) is 5.75 Å². The number of ether oxygens (including phenoxy) is 1. The van der Waals surface area contributed by atoms with Crippen molar-refractivity contribution in [1.29, 1.82) is 0 Å². The molecule has 2 aromatic carbocycles. The van der Waals surface area contributed by atoms with Gasteiger partial charge in [0.1, 0.15) is 5.75 Å². The second kappa shape index (κ2) is 8.77. The Kier molecular flexibility index (Phi) is 5.90. The third kappa shape index (κ3) is 4.25. The molecule has 1 aliphatic heterocycles. The average molecular weight is 438 g/mol. The fraction of sp³-hybridized carbons (Fsp3) is 0.217. The van der Waals surface area contributed by atoms with Crippen LogP contribution in [0.4, 0.5) is 5.69 Å². The van der Waals surface area contributed by atoms with Crippen molar-refractivity contribution in [2.45, 2.75) is 17.7 Å². The Hall–Kier alpha value is -3.39. The summed E-state index contributed by atoms with van der Waals surface area (Å²) >= 11 is 0. The van der Waals surface area contributed by atoms with E-state index in [1.54, 1.807) is 42.7 Å². The summed E-state index contributed by atoms with van der Waals surface area (Å²) in [5.41, 5.74) is 2.91. The number of hydrogen-bond acceptors (Lipinski definition) is 5. The third-order valence-electron chi connectivity index (χ3n) is 5.33. The molecule has 1 N–H and O–H groups in total. The molecular weight excluding hydrogens is 414 g/mol. The van der Waals surface area contributed by atoms with Crippen molar-refractivity contribution in [3.63, 3.8) is 0 Å². The summed E-state index contributed by atoms with van der Waals surface area (Å²) in [4.78, 5) is 17.0. The molecule has 1 aromatic heterocycles. The number of nitrogens with one attached hydrogen (secondary N) is 1. The van der Waals surface area contributed by atoms with E-state index in [-0.39, 0.29) is 10.8 Å². The molecule has 0 unspecified atom stereocenters. The van der Waals surface area contributed by atoms with Gasteiger partial charge in [-0.3, -0.25) is 14.1 Å². The summed E-state index contributed by atoms with van der Waals surface area (Å²) in [5, 5.41) is 2.93. The minimum absolute atomic E-state index is 0.188. The van der Waals surface area contributed by atoms with Gasteiger partial charge in [0.2, 0.25) is 0 Å². The Labute approximate surface area is 181 Å². The van der Waals surface area contributed by atoms with Crippen LogP contribution in [0.2, 0.25) is 0 Å². The zero-order valence-corrected chi connectivity index (χ0v) is 17.9. The Bertz CT molecular complexity index is 1180. The largest absolute Gasteiger partial charge is 0.497 e. The van der Waals surface area contributed by atoms with Crippen LogP contribution < -0.4 is 14.4 Å². The molecule has 0 aliphatic carbocycles. The molecule has 1 aliphatic rings. The van der Waals surface area contributed by atoms with Gasteiger partial charge in [0.25, 0.3) is 15.9 Å². The van der Waals surface area contributed by atoms with E-state index < -0.39 is 10.0 Å². The number of anilines is 1. The number of aromatic nitrogens is 1. The summed E-state index contributed by atoms with van der Waals surface area (Å²) in [6.45, 7) is 0.783. The molecule has 0 saturated carbocycles. The quantitative estimate of drug-likeness (QED) is 0.614. The lowest BCUT2D eigenvalue weighted by Gasteiger charge is -2.20. The van der Waals surface area contributed by atoms with Gasteiger partial charge in [-0.05, 0) is 72.5 Å². The fourth-order valence-corrected chi connectivity index (χ4v) is 5.20. The van der Waals surface area contributed by atoms with Gasteiger partial charge in [-0.25, -0.2) is 8.42 Å². The highest BCUT2D eigenvalue weighted by atomic mass is 32.2. The van der Waals surface area contributed by atoms with E-state index in [4.69, 9.17) is 4.74 Å². The van der Waals surface area contributed by atoms with Crippen LogP contribution >= 0.6 is 0 Å². The molecule has 0 bridgehead atoms. The van der Waals surface area contributed by atoms with Crippen LogP contribution in [0, 0.1) is 0 Å². The second-order valence-corrected chi connectivity index (χ2v) is 9.03. The summed E-state index contributed by atoms with van der Waals surface area (Å²) in [5.74, 6) is 0.390. The number of carbonyl (C=O) groups is 1. The van der Waals surface area contributed by atoms with Gasteiger partial charge in [0.05, 0.1) is 17.7 Å². The Morgan fingerprint density at radius 2 is 1.84 bits per heavy atom. The van der Waals surface area contributed by atoms with E-state index in [1.165, 1.54) is 23.5 Å². The molecule has 7 nitrogen and oxygen atoms in total. The number of methoxy groups -OCH3 is 1. The van der Waals surface area contributed by atoms with E-state index in [0.29, 0.717) is 42.9 Å². The van der Waals surface area contributed by atoms with Crippen molar-refractivity contribution in [2.75, 3.05) is 24.5 Å². The maximum Gasteiger partial charge on any atom is 0.264 e. The third-order valence-corrected chi connectivity index (χ3v) is 7.15. The molecule has 3 aromatic rings. The second-order valence-electron chi connectivity index (χ2n) is 7.17. The highest BCUT2D eigenvalue weighted by Crippen LogP contribution is 2.35. The minimum Gasteiger partial charge on any atom is -0.497 e. The van der Waals surface area contributed by atoms with Crippen LogP contribution in [0.3, 0.4) is 0 Å². The number of benzene rings is 2. The smallest absolute Gasteiger partial charge is 0.264 e. The van der Waals surface area contributed by atoms with Gasteiger partial charge in [0, 0.05) is 31.0 Å². The lowest BCUT2D eigenvalue weighted by Crippen LogP contribution is -2.29. The van der Waals surface area contributed by atoms with Gasteiger partial charge in [0.15, 0.2) is 0 Å². The van der Waals surface area contributed by atoms with Crippen LogP contribution in [-0.4, -0.2) is 39.5 Å². The number of nitrogens with zero attached hydrogens (tertiary/aromatic N) is 2. The molecule has 160 valence electrons. The first kappa shape index (κ1) is 20.9. The molecule has 8 heteroatoms. The molecule has 2 heterocycles. The number of carbonyl (C=O) groups excluding carboxylic acids is 1. The lowest BCUT2D eigenvalue weighted by molar-refractivity contribution is 0.0953. The standard InChI is InChI=1S/C23H23N3O4S/c1-30-18-5-7-19(8-6-18)31(28,29)26-16-12-20-21(3-2-4-22(20)26)23(27)25-15-11-17-9-13-24-14-10-17/h2-10,13-14H,11-12,15-16H2,1H3,(H,25,27). The summed E-state index contributed by atoms with van der Waals surface area (Å²) in [7, 11) is -2.20. The van der Waals surface area contributed by atoms with Crippen molar-refractivity contribution in [1.82, 2.24) is 10.3 Å². The minimum atomic E-state index is -3.73. The molecule has 31 heavy (non-hydrogen) atoms. The highest BCUT2D eigenvalue weighted by molar-refractivity contribution is 7.92. The first-order valence-electron chi connectivity index (χ1n) is 9.96. The van der Waals surface area contributed by atoms with E-state index >= 15 is 0 Å². The SMILES string of the molecule is COc1ccc(S(=O)(=O)N2CCc3c(C(=O)NCCc4ccncc4)cccc32)cc1. The first-order valence-corrected chi connectivity index (χ1v) is 11.4. The van der Waals surface area contributed by atoms with Crippen molar-refractivity contribution >= 4 is 21.6 Å². The van der Waals surface area contributed by atoms with Crippen molar-refractivity contribution < 1.29 is 17.9 Å². The van der Waals surface area contributed by atoms with Gasteiger partial charge < -0.3 is 10.1 Å². The summed E-state index contributed by atoms with van der Waals surface area (Å²) in [6.07, 6.45) is 4.62. The van der Waals surface area contributed by atoms with Crippen molar-refractivity contribution in [2.24, 2.45) is 0 Å². The van der Waals surface area contributed by atoms with Gasteiger partial charge in [-0.1, -0.05) is 6.07 Å². The first-order chi connectivity index (χ1) is 15.0. The Morgan fingerprint density at radius 3 is 2.55 bits per heavy atom. The molecule has 1 amide bonds. The number of pyridine rings is 1. The van der Waals surface area contributed by atoms with Gasteiger partial charge in [-0.15, -0.1) is 0 Å². The van der Waals surface area contributed by atoms with Crippen LogP contribution in [-0.2, 0) is 22.9 Å². The van der Waals surface area contributed by atoms with Crippen molar-refractivity contribution in [3.05, 3.63) is 83.7 Å². The average Bonchev–Trinajstić information content (AvgIpc) is 3.25. The monoisotopic (exact) mass is 437 g/mol. The van der Waals surface area contributed by atoms with Gasteiger partial charge >= 0.3 is 0 Å². The number of fused-ring (bicyclic) bond motifs is 1. The molecular formula is C23H23N3O4S. The summed E-state index contributed by atoms with van der Waals surface area (Å²) in [6, 6.07) is 15.3. The Morgan fingerprint density at radius 1 is 1.10 bits per heavy atom. The molecule has 0 saturated heterocycles. The maximum absolute atomic E-state index is 13.2. The fourth-order valence-electron chi connectivity index (χ4n) is 3.71. The van der Waals surface area contributed by atoms with E-state index in [0.717, 1.165) is 11.1 Å². The van der Waals surface area contributed by atoms with Crippen LogP contribution in [0.25, 0.3) is 0 Å². The molecule has 0 fully saturated rings. The molecule has 0 radical (unpaired) electrons. The summed E-state index contributed by atoms with van der Waals surface area (Å²) < 4.78 is 32.9. The van der Waals surface area contributed by atoms with E-state index in [9.17, 15) is 13.2 Å². The predicted octanol–water partition coefficient (Wildman–Crippen LogP) is 2.81. The zero-order chi connectivity index (χ0) is 21.8.